The van der Waals surface area contributed by atoms with E-state index in [1.165, 1.54) is 16.9 Å². The van der Waals surface area contributed by atoms with Crippen molar-refractivity contribution in [2.24, 2.45) is 0 Å². The average molecular weight is 371 g/mol. The Bertz CT molecular complexity index is 936. The van der Waals surface area contributed by atoms with Gasteiger partial charge in [0.1, 0.15) is 11.1 Å². The number of hydrogen-bond acceptors (Lipinski definition) is 7. The SMILES string of the molecule is Cc1ccc(NSc2ncc(N3CCOCC3)s2)c2[nH]cc(C#N)c12. The molecule has 6 nitrogen and oxygen atoms in total. The van der Waals surface area contributed by atoms with E-state index < -0.39 is 0 Å². The van der Waals surface area contributed by atoms with E-state index in [1.54, 1.807) is 17.5 Å². The lowest BCUT2D eigenvalue weighted by atomic mass is 10.1. The summed E-state index contributed by atoms with van der Waals surface area (Å²) in [6.45, 7) is 5.39. The Labute approximate surface area is 153 Å². The fourth-order valence-electron chi connectivity index (χ4n) is 2.92. The number of nitrogens with zero attached hydrogens (tertiary/aromatic N) is 3. The summed E-state index contributed by atoms with van der Waals surface area (Å²) in [5.74, 6) is 0. The minimum absolute atomic E-state index is 0.671. The van der Waals surface area contributed by atoms with Crippen LogP contribution in [0.5, 0.6) is 0 Å². The van der Waals surface area contributed by atoms with Crippen LogP contribution in [0.4, 0.5) is 10.7 Å². The molecule has 128 valence electrons. The Morgan fingerprint density at radius 2 is 2.24 bits per heavy atom. The van der Waals surface area contributed by atoms with E-state index in [9.17, 15) is 5.26 Å². The second-order valence-corrected chi connectivity index (χ2v) is 7.82. The average Bonchev–Trinajstić information content (AvgIpc) is 3.29. The van der Waals surface area contributed by atoms with Crippen molar-refractivity contribution in [3.05, 3.63) is 35.7 Å². The molecule has 0 unspecified atom stereocenters. The summed E-state index contributed by atoms with van der Waals surface area (Å²) in [5, 5.41) is 11.4. The van der Waals surface area contributed by atoms with E-state index in [4.69, 9.17) is 4.74 Å². The van der Waals surface area contributed by atoms with Crippen LogP contribution >= 0.6 is 23.3 Å². The summed E-state index contributed by atoms with van der Waals surface area (Å²) in [4.78, 5) is 10.0. The third-order valence-electron chi connectivity index (χ3n) is 4.21. The van der Waals surface area contributed by atoms with Gasteiger partial charge in [-0.3, -0.25) is 0 Å². The van der Waals surface area contributed by atoms with Gasteiger partial charge >= 0.3 is 0 Å². The minimum Gasteiger partial charge on any atom is -0.378 e. The van der Waals surface area contributed by atoms with Gasteiger partial charge in [-0.05, 0) is 18.6 Å². The fourth-order valence-corrected chi connectivity index (χ4v) is 4.64. The molecule has 2 aromatic heterocycles. The molecule has 1 aromatic carbocycles. The van der Waals surface area contributed by atoms with Crippen LogP contribution in [-0.2, 0) is 4.74 Å². The second kappa shape index (κ2) is 6.96. The van der Waals surface area contributed by atoms with Crippen molar-refractivity contribution < 1.29 is 4.74 Å². The number of aromatic amines is 1. The number of aromatic nitrogens is 2. The fraction of sp³-hybridized carbons (Fsp3) is 0.294. The zero-order valence-electron chi connectivity index (χ0n) is 13.7. The molecule has 0 bridgehead atoms. The van der Waals surface area contributed by atoms with E-state index >= 15 is 0 Å². The molecular formula is C17H17N5OS2. The molecule has 25 heavy (non-hydrogen) atoms. The van der Waals surface area contributed by atoms with Gasteiger partial charge in [-0.15, -0.1) is 0 Å². The first-order valence-electron chi connectivity index (χ1n) is 7.98. The van der Waals surface area contributed by atoms with Gasteiger partial charge in [0.05, 0.1) is 36.2 Å². The van der Waals surface area contributed by atoms with Gasteiger partial charge in [0.15, 0.2) is 4.34 Å². The van der Waals surface area contributed by atoms with Gasteiger partial charge in [0, 0.05) is 36.6 Å². The number of fused-ring (bicyclic) bond motifs is 1. The van der Waals surface area contributed by atoms with Gasteiger partial charge in [-0.2, -0.15) is 5.26 Å². The number of H-pyrrole nitrogens is 1. The summed E-state index contributed by atoms with van der Waals surface area (Å²) < 4.78 is 9.72. The van der Waals surface area contributed by atoms with E-state index in [0.29, 0.717) is 5.56 Å². The number of nitriles is 1. The van der Waals surface area contributed by atoms with Crippen molar-refractivity contribution in [3.8, 4) is 6.07 Å². The number of nitrogens with one attached hydrogen (secondary N) is 2. The van der Waals surface area contributed by atoms with Crippen molar-refractivity contribution >= 4 is 44.9 Å². The maximum Gasteiger partial charge on any atom is 0.172 e. The molecule has 3 aromatic rings. The first kappa shape index (κ1) is 16.3. The Morgan fingerprint density at radius 3 is 3.04 bits per heavy atom. The molecule has 8 heteroatoms. The van der Waals surface area contributed by atoms with Gasteiger partial charge in [-0.1, -0.05) is 17.4 Å². The highest BCUT2D eigenvalue weighted by atomic mass is 32.2. The predicted molar refractivity (Wildman–Crippen MR) is 102 cm³/mol. The zero-order chi connectivity index (χ0) is 17.2. The van der Waals surface area contributed by atoms with Crippen molar-refractivity contribution in [1.82, 2.24) is 9.97 Å². The summed E-state index contributed by atoms with van der Waals surface area (Å²) >= 11 is 3.17. The van der Waals surface area contributed by atoms with E-state index in [0.717, 1.165) is 52.8 Å². The Hall–Kier alpha value is -2.21. The molecule has 0 atom stereocenters. The molecule has 1 saturated heterocycles. The number of thiazole rings is 1. The van der Waals surface area contributed by atoms with Crippen LogP contribution in [0.3, 0.4) is 0 Å². The Balaban J connectivity index is 1.51. The number of hydrogen-bond donors (Lipinski definition) is 2. The lowest BCUT2D eigenvalue weighted by Crippen LogP contribution is -2.35. The van der Waals surface area contributed by atoms with Gasteiger partial charge in [0.2, 0.25) is 0 Å². The van der Waals surface area contributed by atoms with E-state index in [-0.39, 0.29) is 0 Å². The normalized spacial score (nSPS) is 14.6. The number of anilines is 2. The minimum atomic E-state index is 0.671. The molecule has 2 N–H and O–H groups in total. The van der Waals surface area contributed by atoms with Crippen LogP contribution in [0.1, 0.15) is 11.1 Å². The number of aryl methyl sites for hydroxylation is 1. The molecule has 3 heterocycles. The summed E-state index contributed by atoms with van der Waals surface area (Å²) in [5.41, 5.74) is 3.67. The van der Waals surface area contributed by atoms with Crippen LogP contribution in [0.15, 0.2) is 28.9 Å². The van der Waals surface area contributed by atoms with Crippen molar-refractivity contribution in [1.29, 1.82) is 5.26 Å². The lowest BCUT2D eigenvalue weighted by Gasteiger charge is -2.26. The number of ether oxygens (including phenoxy) is 1. The van der Waals surface area contributed by atoms with Gasteiger partial charge < -0.3 is 19.3 Å². The van der Waals surface area contributed by atoms with Crippen molar-refractivity contribution in [3.63, 3.8) is 0 Å². The quantitative estimate of drug-likeness (QED) is 0.680. The predicted octanol–water partition coefficient (Wildman–Crippen LogP) is 3.76. The van der Waals surface area contributed by atoms with Gasteiger partial charge in [-0.25, -0.2) is 4.98 Å². The molecule has 1 fully saturated rings. The van der Waals surface area contributed by atoms with Crippen molar-refractivity contribution in [2.45, 2.75) is 11.3 Å². The van der Waals surface area contributed by atoms with E-state index in [2.05, 4.69) is 25.7 Å². The van der Waals surface area contributed by atoms with Crippen LogP contribution in [0.25, 0.3) is 10.9 Å². The number of morpholine rings is 1. The first-order valence-corrected chi connectivity index (χ1v) is 9.62. The lowest BCUT2D eigenvalue weighted by molar-refractivity contribution is 0.123. The third-order valence-corrected chi connectivity index (χ3v) is 6.16. The monoisotopic (exact) mass is 371 g/mol. The topological polar surface area (TPSA) is 77.0 Å². The Morgan fingerprint density at radius 1 is 1.40 bits per heavy atom. The largest absolute Gasteiger partial charge is 0.378 e. The van der Waals surface area contributed by atoms with Crippen LogP contribution in [-0.4, -0.2) is 36.3 Å². The summed E-state index contributed by atoms with van der Waals surface area (Å²) in [6.07, 6.45) is 3.68. The summed E-state index contributed by atoms with van der Waals surface area (Å²) in [7, 11) is 0. The highest BCUT2D eigenvalue weighted by Crippen LogP contribution is 2.34. The first-order chi connectivity index (χ1) is 12.3. The molecule has 0 aliphatic carbocycles. The molecule has 0 radical (unpaired) electrons. The molecule has 1 aliphatic rings. The smallest absolute Gasteiger partial charge is 0.172 e. The zero-order valence-corrected chi connectivity index (χ0v) is 15.3. The van der Waals surface area contributed by atoms with Gasteiger partial charge in [0.25, 0.3) is 0 Å². The van der Waals surface area contributed by atoms with Crippen molar-refractivity contribution in [2.75, 3.05) is 35.9 Å². The summed E-state index contributed by atoms with van der Waals surface area (Å²) in [6, 6.07) is 6.29. The second-order valence-electron chi connectivity index (χ2n) is 5.76. The highest BCUT2D eigenvalue weighted by Gasteiger charge is 2.15. The molecule has 0 spiro atoms. The molecule has 4 rings (SSSR count). The Kier molecular flexibility index (Phi) is 4.53. The van der Waals surface area contributed by atoms with Crippen LogP contribution in [0, 0.1) is 18.3 Å². The maximum absolute atomic E-state index is 9.26. The number of rotatable bonds is 4. The standard InChI is InChI=1S/C17H17N5OS2/c1-11-2-3-13(16-15(11)12(8-18)9-19-16)21-25-17-20-10-14(24-17)22-4-6-23-7-5-22/h2-3,9-10,19,21H,4-7H2,1H3. The van der Waals surface area contributed by atoms with Crippen LogP contribution < -0.4 is 9.62 Å². The van der Waals surface area contributed by atoms with Crippen LogP contribution in [0.2, 0.25) is 0 Å². The highest BCUT2D eigenvalue weighted by molar-refractivity contribution is 8.02. The maximum atomic E-state index is 9.26. The molecular weight excluding hydrogens is 354 g/mol. The molecule has 0 saturated carbocycles. The third kappa shape index (κ3) is 3.18. The molecule has 0 amide bonds. The molecule has 1 aliphatic heterocycles. The number of benzene rings is 1. The van der Waals surface area contributed by atoms with E-state index in [1.807, 2.05) is 25.3 Å².